The van der Waals surface area contributed by atoms with Crippen molar-refractivity contribution < 1.29 is 26.4 Å². The number of alkyl halides is 1. The summed E-state index contributed by atoms with van der Waals surface area (Å²) in [6.45, 7) is 0.912. The second-order valence-electron chi connectivity index (χ2n) is 6.40. The number of carbonyl (C=O) groups excluding carboxylic acids is 1. The van der Waals surface area contributed by atoms with Crippen molar-refractivity contribution in [3.8, 4) is 0 Å². The minimum Gasteiger partial charge on any atom is -0.294 e. The highest BCUT2D eigenvalue weighted by molar-refractivity contribution is 7.92. The molecule has 0 fully saturated rings. The molecule has 29 heavy (non-hydrogen) atoms. The van der Waals surface area contributed by atoms with E-state index in [-0.39, 0.29) is 12.8 Å². The number of hydrogen-bond acceptors (Lipinski definition) is 5. The van der Waals surface area contributed by atoms with Crippen molar-refractivity contribution >= 4 is 27.1 Å². The minimum absolute atomic E-state index is 0.272. The molecular formula is C18H17F3N4O3S. The molecule has 1 N–H and O–H groups in total. The van der Waals surface area contributed by atoms with E-state index in [1.807, 2.05) is 4.72 Å². The van der Waals surface area contributed by atoms with E-state index in [1.54, 1.807) is 13.0 Å². The van der Waals surface area contributed by atoms with Crippen LogP contribution in [0, 0.1) is 18.6 Å². The molecule has 154 valence electrons. The van der Waals surface area contributed by atoms with Gasteiger partial charge in [-0.15, -0.1) is 0 Å². The van der Waals surface area contributed by atoms with Gasteiger partial charge in [0.15, 0.2) is 17.2 Å². The Bertz CT molecular complexity index is 1180. The summed E-state index contributed by atoms with van der Waals surface area (Å²) in [5.74, 6) is -3.92. The number of nitrogens with one attached hydrogen (secondary N) is 1. The molecule has 0 saturated carbocycles. The van der Waals surface area contributed by atoms with Crippen LogP contribution in [0.3, 0.4) is 0 Å². The quantitative estimate of drug-likeness (QED) is 0.559. The van der Waals surface area contributed by atoms with E-state index >= 15 is 0 Å². The molecule has 0 radical (unpaired) electrons. The third-order valence-corrected chi connectivity index (χ3v) is 5.39. The molecule has 0 amide bonds. The van der Waals surface area contributed by atoms with E-state index in [4.69, 9.17) is 0 Å². The summed E-state index contributed by atoms with van der Waals surface area (Å²) in [5, 5.41) is 4.16. The first-order chi connectivity index (χ1) is 13.7. The number of benzene rings is 1. The summed E-state index contributed by atoms with van der Waals surface area (Å²) in [6.07, 6.45) is 2.28. The van der Waals surface area contributed by atoms with Gasteiger partial charge < -0.3 is 0 Å². The molecule has 0 unspecified atom stereocenters. The smallest absolute Gasteiger partial charge is 0.232 e. The van der Waals surface area contributed by atoms with E-state index in [1.165, 1.54) is 16.9 Å². The predicted molar refractivity (Wildman–Crippen MR) is 100 cm³/mol. The Kier molecular flexibility index (Phi) is 5.87. The van der Waals surface area contributed by atoms with Gasteiger partial charge in [0.25, 0.3) is 0 Å². The zero-order valence-electron chi connectivity index (χ0n) is 15.3. The summed E-state index contributed by atoms with van der Waals surface area (Å²) in [6, 6.07) is 3.39. The maximum Gasteiger partial charge on any atom is 0.232 e. The van der Waals surface area contributed by atoms with Crippen LogP contribution >= 0.6 is 0 Å². The van der Waals surface area contributed by atoms with Gasteiger partial charge >= 0.3 is 0 Å². The van der Waals surface area contributed by atoms with Gasteiger partial charge in [-0.05, 0) is 31.0 Å². The predicted octanol–water partition coefficient (Wildman–Crippen LogP) is 2.84. The van der Waals surface area contributed by atoms with E-state index in [9.17, 15) is 26.4 Å². The lowest BCUT2D eigenvalue weighted by Gasteiger charge is -2.11. The largest absolute Gasteiger partial charge is 0.294 e. The van der Waals surface area contributed by atoms with Crippen LogP contribution < -0.4 is 4.72 Å². The Balaban J connectivity index is 1.87. The van der Waals surface area contributed by atoms with Crippen molar-refractivity contribution in [1.82, 2.24) is 14.6 Å². The van der Waals surface area contributed by atoms with Crippen molar-refractivity contribution in [3.05, 3.63) is 59.0 Å². The normalized spacial score (nSPS) is 11.7. The molecule has 0 aliphatic carbocycles. The molecule has 7 nitrogen and oxygen atoms in total. The number of fused-ring (bicyclic) bond motifs is 1. The van der Waals surface area contributed by atoms with Gasteiger partial charge in [-0.2, -0.15) is 5.10 Å². The zero-order valence-corrected chi connectivity index (χ0v) is 16.1. The summed E-state index contributed by atoms with van der Waals surface area (Å²) >= 11 is 0. The highest BCUT2D eigenvalue weighted by Gasteiger charge is 2.23. The van der Waals surface area contributed by atoms with Crippen molar-refractivity contribution in [2.45, 2.75) is 19.8 Å². The monoisotopic (exact) mass is 426 g/mol. The Morgan fingerprint density at radius 2 is 2.03 bits per heavy atom. The van der Waals surface area contributed by atoms with Crippen LogP contribution in [0.5, 0.6) is 0 Å². The summed E-state index contributed by atoms with van der Waals surface area (Å²) in [5.41, 5.74) is 0.196. The molecular weight excluding hydrogens is 409 g/mol. The number of rotatable bonds is 8. The van der Waals surface area contributed by atoms with Crippen molar-refractivity contribution in [2.24, 2.45) is 0 Å². The molecule has 3 aromatic rings. The highest BCUT2D eigenvalue weighted by Crippen LogP contribution is 2.24. The Labute approximate surface area is 164 Å². The van der Waals surface area contributed by atoms with Crippen molar-refractivity contribution in [2.75, 3.05) is 17.1 Å². The van der Waals surface area contributed by atoms with Gasteiger partial charge in [-0.1, -0.05) is 0 Å². The number of aromatic nitrogens is 3. The maximum absolute atomic E-state index is 14.7. The molecule has 2 aromatic heterocycles. The molecule has 3 rings (SSSR count). The van der Waals surface area contributed by atoms with Gasteiger partial charge in [-0.25, -0.2) is 26.7 Å². The van der Waals surface area contributed by atoms with Gasteiger partial charge in [0.1, 0.15) is 5.82 Å². The fraction of sp³-hybridized carbons (Fsp3) is 0.278. The van der Waals surface area contributed by atoms with E-state index < -0.39 is 51.1 Å². The minimum atomic E-state index is -4.04. The summed E-state index contributed by atoms with van der Waals surface area (Å²) < 4.78 is 68.1. The van der Waals surface area contributed by atoms with E-state index in [0.717, 1.165) is 12.1 Å². The first-order valence-corrected chi connectivity index (χ1v) is 10.2. The average Bonchev–Trinajstić information content (AvgIpc) is 3.02. The SMILES string of the molecule is Cc1cc2ncc(CC(=O)c3c(F)ccc(NS(=O)(=O)CCCF)c3F)cn2n1. The third-order valence-electron chi connectivity index (χ3n) is 4.04. The number of sulfonamides is 1. The van der Waals surface area contributed by atoms with E-state index in [0.29, 0.717) is 16.9 Å². The van der Waals surface area contributed by atoms with Crippen LogP contribution in [0.4, 0.5) is 18.9 Å². The Morgan fingerprint density at radius 1 is 1.28 bits per heavy atom. The van der Waals surface area contributed by atoms with Crippen LogP contribution in [-0.4, -0.2) is 41.2 Å². The van der Waals surface area contributed by atoms with Gasteiger partial charge in [0.05, 0.1) is 29.4 Å². The molecule has 11 heteroatoms. The zero-order chi connectivity index (χ0) is 21.2. The molecule has 0 bridgehead atoms. The number of anilines is 1. The lowest BCUT2D eigenvalue weighted by molar-refractivity contribution is 0.0984. The maximum atomic E-state index is 14.7. The molecule has 0 aliphatic heterocycles. The lowest BCUT2D eigenvalue weighted by Crippen LogP contribution is -2.19. The van der Waals surface area contributed by atoms with Crippen molar-refractivity contribution in [3.63, 3.8) is 0 Å². The standard InChI is InChI=1S/C18H17F3N4O3S/c1-11-7-16-22-9-12(10-25(16)23-11)8-15(26)17-13(20)3-4-14(18(17)21)24-29(27,28)6-2-5-19/h3-4,7,9-10,24H,2,5-6,8H2,1H3. The van der Waals surface area contributed by atoms with E-state index in [2.05, 4.69) is 10.1 Å². The Morgan fingerprint density at radius 3 is 2.76 bits per heavy atom. The first-order valence-electron chi connectivity index (χ1n) is 8.59. The average molecular weight is 426 g/mol. The van der Waals surface area contributed by atoms with Crippen LogP contribution in [0.2, 0.25) is 0 Å². The second kappa shape index (κ2) is 8.19. The molecule has 0 spiro atoms. The summed E-state index contributed by atoms with van der Waals surface area (Å²) in [4.78, 5) is 16.6. The Hall–Kier alpha value is -2.95. The van der Waals surface area contributed by atoms with Crippen LogP contribution in [0.15, 0.2) is 30.6 Å². The van der Waals surface area contributed by atoms with Crippen LogP contribution in [0.1, 0.15) is 28.0 Å². The first kappa shape index (κ1) is 20.8. The van der Waals surface area contributed by atoms with Gasteiger partial charge in [0.2, 0.25) is 10.0 Å². The highest BCUT2D eigenvalue weighted by atomic mass is 32.2. The molecule has 0 atom stereocenters. The van der Waals surface area contributed by atoms with Crippen LogP contribution in [0.25, 0.3) is 5.65 Å². The second-order valence-corrected chi connectivity index (χ2v) is 8.24. The van der Waals surface area contributed by atoms with Crippen molar-refractivity contribution in [1.29, 1.82) is 0 Å². The molecule has 0 aliphatic rings. The topological polar surface area (TPSA) is 93.4 Å². The fourth-order valence-corrected chi connectivity index (χ4v) is 3.83. The van der Waals surface area contributed by atoms with Gasteiger partial charge in [-0.3, -0.25) is 13.9 Å². The number of carbonyl (C=O) groups is 1. The lowest BCUT2D eigenvalue weighted by atomic mass is 10.0. The number of aryl methyl sites for hydroxylation is 1. The third kappa shape index (κ3) is 4.73. The number of Topliss-reactive ketones (excluding diaryl/α,β-unsaturated/α-hetero) is 1. The van der Waals surface area contributed by atoms with Crippen LogP contribution in [-0.2, 0) is 16.4 Å². The molecule has 0 saturated heterocycles. The summed E-state index contributed by atoms with van der Waals surface area (Å²) in [7, 11) is -4.04. The number of nitrogens with zero attached hydrogens (tertiary/aromatic N) is 3. The fourth-order valence-electron chi connectivity index (χ4n) is 2.75. The number of hydrogen-bond donors (Lipinski definition) is 1. The number of halogens is 3. The number of ketones is 1. The molecule has 1 aromatic carbocycles. The van der Waals surface area contributed by atoms with Gasteiger partial charge in [0, 0.05) is 24.9 Å². The molecule has 2 heterocycles.